The van der Waals surface area contributed by atoms with Crippen molar-refractivity contribution in [1.82, 2.24) is 10.2 Å². The van der Waals surface area contributed by atoms with Crippen LogP contribution in [0.2, 0.25) is 0 Å². The highest BCUT2D eigenvalue weighted by atomic mass is 16.5. The molecule has 3 aromatic carbocycles. The molecule has 1 aliphatic rings. The van der Waals surface area contributed by atoms with E-state index in [0.717, 1.165) is 15.7 Å². The van der Waals surface area contributed by atoms with Crippen molar-refractivity contribution in [2.45, 2.75) is 12.5 Å². The Kier molecular flexibility index (Phi) is 5.10. The molecule has 0 bridgehead atoms. The van der Waals surface area contributed by atoms with Crippen molar-refractivity contribution in [2.75, 3.05) is 20.8 Å². The minimum absolute atomic E-state index is 0.266. The molecule has 0 aromatic heterocycles. The molecule has 0 aliphatic carbocycles. The summed E-state index contributed by atoms with van der Waals surface area (Å²) >= 11 is 0. The Morgan fingerprint density at radius 1 is 1.00 bits per heavy atom. The molecule has 3 aromatic rings. The number of Topliss-reactive ketones (excluding diaryl/α,β-unsaturated/α-hetero) is 1. The Bertz CT molecular complexity index is 1200. The summed E-state index contributed by atoms with van der Waals surface area (Å²) in [5, 5.41) is 4.60. The molecule has 4 rings (SSSR count). The number of fused-ring (bicyclic) bond motifs is 1. The Hall–Kier alpha value is -3.87. The van der Waals surface area contributed by atoms with Crippen LogP contribution in [-0.4, -0.2) is 43.4 Å². The first-order valence-electron chi connectivity index (χ1n) is 9.76. The highest BCUT2D eigenvalue weighted by Crippen LogP contribution is 2.34. The number of ketones is 1. The number of nitrogens with one attached hydrogen (secondary N) is 1. The Balaban J connectivity index is 1.65. The molecule has 3 amide bonds. The average Bonchev–Trinajstić information content (AvgIpc) is 3.01. The van der Waals surface area contributed by atoms with Gasteiger partial charge in [-0.2, -0.15) is 0 Å². The molecule has 0 unspecified atom stereocenters. The summed E-state index contributed by atoms with van der Waals surface area (Å²) in [4.78, 5) is 40.0. The van der Waals surface area contributed by atoms with Gasteiger partial charge in [0.25, 0.3) is 5.91 Å². The number of methoxy groups -OCH3 is 2. The van der Waals surface area contributed by atoms with Crippen LogP contribution in [0.25, 0.3) is 10.8 Å². The minimum Gasteiger partial charge on any atom is -0.497 e. The smallest absolute Gasteiger partial charge is 0.325 e. The summed E-state index contributed by atoms with van der Waals surface area (Å²) in [6.45, 7) is 1.27. The fraction of sp³-hybridized carbons (Fsp3) is 0.208. The molecule has 1 atom stereocenters. The lowest BCUT2D eigenvalue weighted by atomic mass is 9.88. The van der Waals surface area contributed by atoms with Gasteiger partial charge in [0, 0.05) is 6.07 Å². The van der Waals surface area contributed by atoms with Crippen LogP contribution in [-0.2, 0) is 10.3 Å². The maximum atomic E-state index is 13.3. The SMILES string of the molecule is COc1ccc(C(=O)CN2C(=O)N[C@](C)(c3cccc4ccccc34)C2=O)c(OC)c1. The summed E-state index contributed by atoms with van der Waals surface area (Å²) in [5.74, 6) is -0.0417. The molecule has 0 spiro atoms. The second-order valence-electron chi connectivity index (χ2n) is 7.46. The van der Waals surface area contributed by atoms with E-state index in [1.54, 1.807) is 25.1 Å². The van der Waals surface area contributed by atoms with Crippen LogP contribution in [0.1, 0.15) is 22.8 Å². The number of benzene rings is 3. The summed E-state index contributed by atoms with van der Waals surface area (Å²) in [6.07, 6.45) is 0. The fourth-order valence-corrected chi connectivity index (χ4v) is 3.94. The number of nitrogens with zero attached hydrogens (tertiary/aromatic N) is 1. The molecule has 158 valence electrons. The lowest BCUT2D eigenvalue weighted by Crippen LogP contribution is -2.41. The average molecular weight is 418 g/mol. The molecular formula is C24H22N2O5. The van der Waals surface area contributed by atoms with Crippen LogP contribution in [0.15, 0.2) is 60.7 Å². The lowest BCUT2D eigenvalue weighted by Gasteiger charge is -2.24. The molecule has 1 fully saturated rings. The predicted molar refractivity (Wildman–Crippen MR) is 115 cm³/mol. The number of ether oxygens (including phenoxy) is 2. The fourth-order valence-electron chi connectivity index (χ4n) is 3.94. The third kappa shape index (κ3) is 3.38. The van der Waals surface area contributed by atoms with E-state index < -0.39 is 29.8 Å². The zero-order chi connectivity index (χ0) is 22.2. The maximum Gasteiger partial charge on any atom is 0.325 e. The highest BCUT2D eigenvalue weighted by Gasteiger charge is 2.50. The van der Waals surface area contributed by atoms with Gasteiger partial charge >= 0.3 is 6.03 Å². The maximum absolute atomic E-state index is 13.3. The van der Waals surface area contributed by atoms with Gasteiger partial charge in [0.1, 0.15) is 17.0 Å². The van der Waals surface area contributed by atoms with Crippen molar-refractivity contribution >= 4 is 28.5 Å². The van der Waals surface area contributed by atoms with E-state index in [2.05, 4.69) is 5.32 Å². The third-order valence-electron chi connectivity index (χ3n) is 5.61. The summed E-state index contributed by atoms with van der Waals surface area (Å²) < 4.78 is 10.4. The van der Waals surface area contributed by atoms with E-state index in [0.29, 0.717) is 17.1 Å². The summed E-state index contributed by atoms with van der Waals surface area (Å²) in [7, 11) is 2.95. The van der Waals surface area contributed by atoms with Gasteiger partial charge in [0.15, 0.2) is 5.78 Å². The number of hydrogen-bond donors (Lipinski definition) is 1. The van der Waals surface area contributed by atoms with E-state index in [4.69, 9.17) is 9.47 Å². The van der Waals surface area contributed by atoms with Gasteiger partial charge in [-0.3, -0.25) is 14.5 Å². The van der Waals surface area contributed by atoms with Gasteiger partial charge in [-0.1, -0.05) is 42.5 Å². The van der Waals surface area contributed by atoms with E-state index >= 15 is 0 Å². The van der Waals surface area contributed by atoms with Gasteiger partial charge in [0.2, 0.25) is 0 Å². The van der Waals surface area contributed by atoms with E-state index in [1.165, 1.54) is 14.2 Å². The van der Waals surface area contributed by atoms with Crippen LogP contribution in [0.4, 0.5) is 4.79 Å². The first kappa shape index (κ1) is 20.4. The number of hydrogen-bond acceptors (Lipinski definition) is 5. The molecule has 1 saturated heterocycles. The van der Waals surface area contributed by atoms with Gasteiger partial charge < -0.3 is 14.8 Å². The second-order valence-corrected chi connectivity index (χ2v) is 7.46. The van der Waals surface area contributed by atoms with Crippen LogP contribution in [0.5, 0.6) is 11.5 Å². The van der Waals surface area contributed by atoms with Gasteiger partial charge in [-0.15, -0.1) is 0 Å². The van der Waals surface area contributed by atoms with E-state index in [-0.39, 0.29) is 5.56 Å². The van der Waals surface area contributed by atoms with Gasteiger partial charge in [-0.05, 0) is 35.4 Å². The Morgan fingerprint density at radius 2 is 1.74 bits per heavy atom. The molecule has 1 aliphatic heterocycles. The van der Waals surface area contributed by atoms with Gasteiger partial charge in [0.05, 0.1) is 26.3 Å². The van der Waals surface area contributed by atoms with E-state index in [9.17, 15) is 14.4 Å². The van der Waals surface area contributed by atoms with Crippen LogP contribution < -0.4 is 14.8 Å². The molecule has 7 nitrogen and oxygen atoms in total. The van der Waals surface area contributed by atoms with Crippen LogP contribution in [0.3, 0.4) is 0 Å². The number of rotatable bonds is 6. The quantitative estimate of drug-likeness (QED) is 0.489. The number of imide groups is 1. The van der Waals surface area contributed by atoms with Crippen LogP contribution in [0, 0.1) is 0 Å². The zero-order valence-corrected chi connectivity index (χ0v) is 17.5. The van der Waals surface area contributed by atoms with Crippen molar-refractivity contribution in [2.24, 2.45) is 0 Å². The second kappa shape index (κ2) is 7.75. The normalized spacial score (nSPS) is 18.2. The highest BCUT2D eigenvalue weighted by molar-refractivity contribution is 6.13. The molecule has 7 heteroatoms. The lowest BCUT2D eigenvalue weighted by molar-refractivity contribution is -0.130. The monoisotopic (exact) mass is 418 g/mol. The molecule has 31 heavy (non-hydrogen) atoms. The van der Waals surface area contributed by atoms with Crippen molar-refractivity contribution in [3.63, 3.8) is 0 Å². The van der Waals surface area contributed by atoms with E-state index in [1.807, 2.05) is 42.5 Å². The molecule has 1 N–H and O–H groups in total. The zero-order valence-electron chi connectivity index (χ0n) is 17.5. The van der Waals surface area contributed by atoms with Crippen molar-refractivity contribution in [3.8, 4) is 11.5 Å². The number of amides is 3. The van der Waals surface area contributed by atoms with Gasteiger partial charge in [-0.25, -0.2) is 4.79 Å². The van der Waals surface area contributed by atoms with Crippen molar-refractivity contribution in [3.05, 3.63) is 71.8 Å². The predicted octanol–water partition coefficient (Wildman–Crippen LogP) is 3.51. The molecule has 1 heterocycles. The number of carbonyl (C=O) groups is 3. The third-order valence-corrected chi connectivity index (χ3v) is 5.61. The number of carbonyl (C=O) groups excluding carboxylic acids is 3. The largest absolute Gasteiger partial charge is 0.497 e. The van der Waals surface area contributed by atoms with Crippen LogP contribution >= 0.6 is 0 Å². The topological polar surface area (TPSA) is 84.9 Å². The molecule has 0 saturated carbocycles. The summed E-state index contributed by atoms with van der Waals surface area (Å²) in [6, 6.07) is 17.4. The number of urea groups is 1. The first-order valence-corrected chi connectivity index (χ1v) is 9.76. The first-order chi connectivity index (χ1) is 14.9. The Morgan fingerprint density at radius 3 is 2.48 bits per heavy atom. The van der Waals surface area contributed by atoms with Crippen molar-refractivity contribution in [1.29, 1.82) is 0 Å². The summed E-state index contributed by atoms with van der Waals surface area (Å²) in [5.41, 5.74) is -0.328. The molecule has 0 radical (unpaired) electrons. The van der Waals surface area contributed by atoms with Crippen molar-refractivity contribution < 1.29 is 23.9 Å². The molecular weight excluding hydrogens is 396 g/mol. The standard InChI is InChI=1S/C24H22N2O5/c1-24(19-10-6-8-15-7-4-5-9-17(15)19)22(28)26(23(29)25-24)14-20(27)18-12-11-16(30-2)13-21(18)31-3/h4-13H,14H2,1-3H3,(H,25,29)/t24-/m1/s1. The Labute approximate surface area is 179 Å². The minimum atomic E-state index is -1.28.